The predicted octanol–water partition coefficient (Wildman–Crippen LogP) is 3.77. The van der Waals surface area contributed by atoms with Crippen LogP contribution in [0.5, 0.6) is 5.75 Å². The lowest BCUT2D eigenvalue weighted by Gasteiger charge is -2.23. The number of hydrogen-bond donors (Lipinski definition) is 2. The molecule has 0 saturated heterocycles. The summed E-state index contributed by atoms with van der Waals surface area (Å²) >= 11 is 0. The van der Waals surface area contributed by atoms with Crippen LogP contribution in [-0.4, -0.2) is 27.7 Å². The molecule has 3 aromatic rings. The van der Waals surface area contributed by atoms with Crippen LogP contribution in [0.15, 0.2) is 42.5 Å². The lowest BCUT2D eigenvalue weighted by molar-refractivity contribution is -0.122. The summed E-state index contributed by atoms with van der Waals surface area (Å²) in [6.07, 6.45) is -0.542. The quantitative estimate of drug-likeness (QED) is 0.713. The lowest BCUT2D eigenvalue weighted by Crippen LogP contribution is -2.34. The number of fused-ring (bicyclic) bond motifs is 1. The number of hydrogen-bond acceptors (Lipinski definition) is 4. The zero-order valence-electron chi connectivity index (χ0n) is 16.7. The number of carbonyl (C=O) groups excluding carboxylic acids is 2. The van der Waals surface area contributed by atoms with Crippen LogP contribution >= 0.6 is 0 Å². The first-order valence-electron chi connectivity index (χ1n) is 9.38. The minimum atomic E-state index is -0.542. The number of benzene rings is 2. The highest BCUT2D eigenvalue weighted by Crippen LogP contribution is 2.32. The Bertz CT molecular complexity index is 1110. The first-order chi connectivity index (χ1) is 13.8. The number of rotatable bonds is 3. The van der Waals surface area contributed by atoms with Gasteiger partial charge in [0.05, 0.1) is 11.4 Å². The second-order valence-electron chi connectivity index (χ2n) is 7.34. The van der Waals surface area contributed by atoms with E-state index < -0.39 is 6.10 Å². The highest BCUT2D eigenvalue weighted by molar-refractivity contribution is 6.04. The van der Waals surface area contributed by atoms with Gasteiger partial charge in [0.15, 0.2) is 11.8 Å². The van der Waals surface area contributed by atoms with Crippen molar-refractivity contribution in [3.63, 3.8) is 0 Å². The van der Waals surface area contributed by atoms with Crippen molar-refractivity contribution in [3.8, 4) is 11.4 Å². The van der Waals surface area contributed by atoms with Gasteiger partial charge < -0.3 is 15.4 Å². The van der Waals surface area contributed by atoms with Gasteiger partial charge in [-0.25, -0.2) is 4.68 Å². The molecule has 2 amide bonds. The molecule has 4 rings (SSSR count). The van der Waals surface area contributed by atoms with Crippen molar-refractivity contribution in [1.29, 1.82) is 0 Å². The standard InChI is InChI=1S/C22H22N4O3/c1-12-7-13(2)9-17(8-12)26-14(3)10-19(25-26)22(28)23-16-5-6-20-18(11-16)24-21(27)15(4)29-20/h5-11,15H,1-4H3,(H,23,28)(H,24,27)/t15-/m1/s1. The van der Waals surface area contributed by atoms with Crippen LogP contribution in [0, 0.1) is 20.8 Å². The average Bonchev–Trinajstić information content (AvgIpc) is 3.04. The first kappa shape index (κ1) is 18.7. The zero-order chi connectivity index (χ0) is 20.7. The molecule has 0 spiro atoms. The lowest BCUT2D eigenvalue weighted by atomic mass is 10.1. The molecule has 0 saturated carbocycles. The number of nitrogens with zero attached hydrogens (tertiary/aromatic N) is 2. The van der Waals surface area contributed by atoms with Crippen molar-refractivity contribution >= 4 is 23.2 Å². The molecule has 29 heavy (non-hydrogen) atoms. The molecule has 1 aliphatic rings. The molecule has 148 valence electrons. The molecule has 0 aliphatic carbocycles. The van der Waals surface area contributed by atoms with Gasteiger partial charge in [0, 0.05) is 11.4 Å². The van der Waals surface area contributed by atoms with Crippen molar-refractivity contribution < 1.29 is 14.3 Å². The summed E-state index contributed by atoms with van der Waals surface area (Å²) in [5, 5.41) is 10.1. The fourth-order valence-corrected chi connectivity index (χ4v) is 3.40. The molecular formula is C22H22N4O3. The summed E-state index contributed by atoms with van der Waals surface area (Å²) in [6, 6.07) is 13.0. The van der Waals surface area contributed by atoms with Gasteiger partial charge in [-0.1, -0.05) is 6.07 Å². The van der Waals surface area contributed by atoms with E-state index in [9.17, 15) is 9.59 Å². The van der Waals surface area contributed by atoms with E-state index in [1.165, 1.54) is 0 Å². The second kappa shape index (κ2) is 7.09. The number of amides is 2. The molecule has 0 fully saturated rings. The van der Waals surface area contributed by atoms with Crippen LogP contribution in [0.4, 0.5) is 11.4 Å². The van der Waals surface area contributed by atoms with Crippen LogP contribution in [0.3, 0.4) is 0 Å². The van der Waals surface area contributed by atoms with E-state index >= 15 is 0 Å². The maximum atomic E-state index is 12.7. The zero-order valence-corrected chi connectivity index (χ0v) is 16.7. The van der Waals surface area contributed by atoms with E-state index in [1.807, 2.05) is 32.9 Å². The Morgan fingerprint density at radius 2 is 1.83 bits per heavy atom. The molecule has 2 heterocycles. The molecule has 1 aliphatic heterocycles. The maximum absolute atomic E-state index is 12.7. The third-order valence-corrected chi connectivity index (χ3v) is 4.74. The maximum Gasteiger partial charge on any atom is 0.276 e. The van der Waals surface area contributed by atoms with Gasteiger partial charge in [0.2, 0.25) is 0 Å². The number of anilines is 2. The Labute approximate surface area is 168 Å². The van der Waals surface area contributed by atoms with Crippen molar-refractivity contribution in [1.82, 2.24) is 9.78 Å². The Hall–Kier alpha value is -3.61. The summed E-state index contributed by atoms with van der Waals surface area (Å²) in [7, 11) is 0. The van der Waals surface area contributed by atoms with Crippen LogP contribution in [-0.2, 0) is 4.79 Å². The fraction of sp³-hybridized carbons (Fsp3) is 0.227. The van der Waals surface area contributed by atoms with Crippen molar-refractivity contribution in [2.75, 3.05) is 10.6 Å². The Balaban J connectivity index is 1.57. The highest BCUT2D eigenvalue weighted by Gasteiger charge is 2.24. The Morgan fingerprint density at radius 1 is 1.10 bits per heavy atom. The van der Waals surface area contributed by atoms with E-state index in [2.05, 4.69) is 21.8 Å². The molecule has 7 heteroatoms. The van der Waals surface area contributed by atoms with Gasteiger partial charge >= 0.3 is 0 Å². The SMILES string of the molecule is Cc1cc(C)cc(-n2nc(C(=O)Nc3ccc4c(c3)NC(=O)[C@@H](C)O4)cc2C)c1. The Kier molecular flexibility index (Phi) is 4.58. The van der Waals surface area contributed by atoms with E-state index in [4.69, 9.17) is 4.74 Å². The van der Waals surface area contributed by atoms with Gasteiger partial charge in [-0.05, 0) is 75.2 Å². The second-order valence-corrected chi connectivity index (χ2v) is 7.34. The van der Waals surface area contributed by atoms with E-state index in [1.54, 1.807) is 35.9 Å². The molecule has 7 nitrogen and oxygen atoms in total. The largest absolute Gasteiger partial charge is 0.479 e. The fourth-order valence-electron chi connectivity index (χ4n) is 3.40. The van der Waals surface area contributed by atoms with Crippen molar-refractivity contribution in [2.24, 2.45) is 0 Å². The smallest absolute Gasteiger partial charge is 0.276 e. The number of aryl methyl sites for hydroxylation is 3. The van der Waals surface area contributed by atoms with Crippen LogP contribution in [0.1, 0.15) is 34.2 Å². The minimum Gasteiger partial charge on any atom is -0.479 e. The Morgan fingerprint density at radius 3 is 2.55 bits per heavy atom. The molecule has 0 radical (unpaired) electrons. The van der Waals surface area contributed by atoms with Gasteiger partial charge in [0.25, 0.3) is 11.8 Å². The molecular weight excluding hydrogens is 368 g/mol. The average molecular weight is 390 g/mol. The third kappa shape index (κ3) is 3.71. The van der Waals surface area contributed by atoms with Crippen LogP contribution in [0.25, 0.3) is 5.69 Å². The number of ether oxygens (including phenoxy) is 1. The van der Waals surface area contributed by atoms with Crippen LogP contribution in [0.2, 0.25) is 0 Å². The highest BCUT2D eigenvalue weighted by atomic mass is 16.5. The minimum absolute atomic E-state index is 0.219. The molecule has 2 N–H and O–H groups in total. The summed E-state index contributed by atoms with van der Waals surface area (Å²) in [5.41, 5.74) is 5.44. The van der Waals surface area contributed by atoms with E-state index in [-0.39, 0.29) is 11.8 Å². The van der Waals surface area contributed by atoms with Crippen LogP contribution < -0.4 is 15.4 Å². The molecule has 1 aromatic heterocycles. The van der Waals surface area contributed by atoms with Gasteiger partial charge in [-0.2, -0.15) is 5.10 Å². The van der Waals surface area contributed by atoms with Gasteiger partial charge in [0.1, 0.15) is 5.75 Å². The van der Waals surface area contributed by atoms with E-state index in [0.29, 0.717) is 22.8 Å². The summed E-state index contributed by atoms with van der Waals surface area (Å²) in [5.74, 6) is 0.0291. The number of aromatic nitrogens is 2. The summed E-state index contributed by atoms with van der Waals surface area (Å²) in [6.45, 7) is 7.65. The number of carbonyl (C=O) groups is 2. The normalized spacial score (nSPS) is 15.3. The molecule has 2 aromatic carbocycles. The summed E-state index contributed by atoms with van der Waals surface area (Å²) < 4.78 is 7.30. The molecule has 0 unspecified atom stereocenters. The molecule has 0 bridgehead atoms. The topological polar surface area (TPSA) is 85.3 Å². The van der Waals surface area contributed by atoms with E-state index in [0.717, 1.165) is 22.5 Å². The summed E-state index contributed by atoms with van der Waals surface area (Å²) in [4.78, 5) is 24.5. The van der Waals surface area contributed by atoms with Crippen molar-refractivity contribution in [2.45, 2.75) is 33.8 Å². The molecule has 1 atom stereocenters. The van der Waals surface area contributed by atoms with Crippen molar-refractivity contribution in [3.05, 3.63) is 65.0 Å². The first-order valence-corrected chi connectivity index (χ1v) is 9.38. The van der Waals surface area contributed by atoms with Gasteiger partial charge in [-0.15, -0.1) is 0 Å². The predicted molar refractivity (Wildman–Crippen MR) is 111 cm³/mol. The third-order valence-electron chi connectivity index (χ3n) is 4.74. The number of nitrogens with one attached hydrogen (secondary N) is 2. The van der Waals surface area contributed by atoms with Gasteiger partial charge in [-0.3, -0.25) is 9.59 Å². The monoisotopic (exact) mass is 390 g/mol.